The average Bonchev–Trinajstić information content (AvgIpc) is 3.17. The third kappa shape index (κ3) is 40.7. The van der Waals surface area contributed by atoms with Crippen LogP contribution < -0.4 is 5.73 Å². The van der Waals surface area contributed by atoms with Crippen LogP contribution in [0, 0.1) is 0 Å². The van der Waals surface area contributed by atoms with Crippen molar-refractivity contribution in [2.75, 3.05) is 26.4 Å². The third-order valence-electron chi connectivity index (χ3n) is 8.27. The smallest absolute Gasteiger partial charge is 0.462 e. The lowest BCUT2D eigenvalue weighted by Crippen LogP contribution is -2.29. The third-order valence-corrected chi connectivity index (χ3v) is 9.25. The molecule has 55 heavy (non-hydrogen) atoms. The molecule has 0 saturated carbocycles. The first-order valence-electron chi connectivity index (χ1n) is 21.1. The number of carbonyl (C=O) groups excluding carboxylic acids is 2. The summed E-state index contributed by atoms with van der Waals surface area (Å²) in [6.07, 6.45) is 50.5. The minimum absolute atomic E-state index is 0.0375. The molecule has 0 radical (unpaired) electrons. The molecule has 314 valence electrons. The minimum atomic E-state index is -4.40. The highest BCUT2D eigenvalue weighted by Crippen LogP contribution is 2.43. The summed E-state index contributed by atoms with van der Waals surface area (Å²) >= 11 is 0. The van der Waals surface area contributed by atoms with Crippen LogP contribution in [0.1, 0.15) is 155 Å². The van der Waals surface area contributed by atoms with E-state index in [1.807, 2.05) is 6.08 Å². The van der Waals surface area contributed by atoms with E-state index in [0.717, 1.165) is 70.6 Å². The number of phosphoric ester groups is 1. The fourth-order valence-corrected chi connectivity index (χ4v) is 5.93. The first-order valence-corrected chi connectivity index (χ1v) is 22.6. The maximum atomic E-state index is 12.5. The maximum absolute atomic E-state index is 12.5. The second-order valence-electron chi connectivity index (χ2n) is 13.5. The van der Waals surface area contributed by atoms with E-state index >= 15 is 0 Å². The molecule has 3 N–H and O–H groups in total. The summed E-state index contributed by atoms with van der Waals surface area (Å²) in [6, 6.07) is 0. The van der Waals surface area contributed by atoms with Gasteiger partial charge in [-0.25, -0.2) is 4.57 Å². The number of nitrogens with two attached hydrogens (primary N) is 1. The predicted molar refractivity (Wildman–Crippen MR) is 229 cm³/mol. The Morgan fingerprint density at radius 3 is 1.55 bits per heavy atom. The van der Waals surface area contributed by atoms with Gasteiger partial charge in [0, 0.05) is 19.4 Å². The molecule has 0 aliphatic heterocycles. The van der Waals surface area contributed by atoms with Crippen LogP contribution in [0.4, 0.5) is 0 Å². The second-order valence-corrected chi connectivity index (χ2v) is 14.9. The van der Waals surface area contributed by atoms with E-state index in [-0.39, 0.29) is 32.6 Å². The number of phosphoric acid groups is 1. The van der Waals surface area contributed by atoms with Crippen molar-refractivity contribution in [1.82, 2.24) is 0 Å². The van der Waals surface area contributed by atoms with E-state index in [0.29, 0.717) is 19.3 Å². The molecule has 0 fully saturated rings. The molecule has 0 aromatic heterocycles. The topological polar surface area (TPSA) is 134 Å². The van der Waals surface area contributed by atoms with Crippen LogP contribution in [0.2, 0.25) is 0 Å². The van der Waals surface area contributed by atoms with E-state index in [2.05, 4.69) is 92.8 Å². The van der Waals surface area contributed by atoms with E-state index < -0.39 is 32.5 Å². The summed E-state index contributed by atoms with van der Waals surface area (Å²) in [4.78, 5) is 34.8. The minimum Gasteiger partial charge on any atom is -0.462 e. The van der Waals surface area contributed by atoms with Crippen molar-refractivity contribution in [2.24, 2.45) is 5.73 Å². The van der Waals surface area contributed by atoms with Gasteiger partial charge < -0.3 is 20.1 Å². The highest BCUT2D eigenvalue weighted by atomic mass is 31.2. The van der Waals surface area contributed by atoms with Crippen LogP contribution >= 0.6 is 7.82 Å². The van der Waals surface area contributed by atoms with Gasteiger partial charge in [-0.3, -0.25) is 18.6 Å². The largest absolute Gasteiger partial charge is 0.472 e. The number of esters is 2. The molecule has 0 heterocycles. The first-order chi connectivity index (χ1) is 26.8. The van der Waals surface area contributed by atoms with E-state index in [1.54, 1.807) is 0 Å². The molecule has 2 atom stereocenters. The summed E-state index contributed by atoms with van der Waals surface area (Å²) in [7, 11) is -4.40. The highest BCUT2D eigenvalue weighted by molar-refractivity contribution is 7.47. The fraction of sp³-hybridized carbons (Fsp3) is 0.644. The molecular formula is C45H76NO8P. The van der Waals surface area contributed by atoms with Crippen LogP contribution in [0.3, 0.4) is 0 Å². The zero-order valence-corrected chi connectivity index (χ0v) is 35.3. The summed E-state index contributed by atoms with van der Waals surface area (Å²) in [5, 5.41) is 0. The first kappa shape index (κ1) is 52.2. The second kappa shape index (κ2) is 40.8. The fourth-order valence-electron chi connectivity index (χ4n) is 5.17. The molecule has 0 aromatic carbocycles. The summed E-state index contributed by atoms with van der Waals surface area (Å²) < 4.78 is 32.7. The monoisotopic (exact) mass is 790 g/mol. The molecule has 0 aliphatic carbocycles. The normalized spacial score (nSPS) is 14.2. The van der Waals surface area contributed by atoms with Gasteiger partial charge in [0.05, 0.1) is 13.2 Å². The molecule has 0 amide bonds. The average molecular weight is 790 g/mol. The van der Waals surface area contributed by atoms with Gasteiger partial charge in [-0.05, 0) is 83.5 Å². The standard InChI is InChI=1S/C45H76NO8P/c1-3-5-7-9-11-13-15-17-19-21-23-25-27-29-31-33-35-37-44(47)51-41-43(42-53-55(49,50)52-40-39-46)54-45(48)38-36-34-32-30-28-26-24-22-20-18-16-14-12-10-8-6-4-2/h5,7,11,13,17-20,23-26,30,32,43H,3-4,6,8-10,12,14-16,21-22,27-29,31,33-42,46H2,1-2H3,(H,49,50)/b7-5-,13-11-,19-17-,20-18-,25-23-,26-24-,32-30-/t43-/m1/s1. The van der Waals surface area contributed by atoms with Crippen LogP contribution in [-0.2, 0) is 32.7 Å². The Hall–Kier alpha value is -2.81. The van der Waals surface area contributed by atoms with Crippen molar-refractivity contribution in [2.45, 2.75) is 161 Å². The lowest BCUT2D eigenvalue weighted by molar-refractivity contribution is -0.161. The quantitative estimate of drug-likeness (QED) is 0.0271. The van der Waals surface area contributed by atoms with Gasteiger partial charge in [0.2, 0.25) is 0 Å². The van der Waals surface area contributed by atoms with Crippen molar-refractivity contribution in [3.63, 3.8) is 0 Å². The van der Waals surface area contributed by atoms with Gasteiger partial charge in [0.25, 0.3) is 0 Å². The van der Waals surface area contributed by atoms with Crippen LogP contribution in [0.25, 0.3) is 0 Å². The van der Waals surface area contributed by atoms with Crippen molar-refractivity contribution in [3.05, 3.63) is 85.1 Å². The maximum Gasteiger partial charge on any atom is 0.472 e. The molecule has 0 aliphatic rings. The molecule has 0 spiro atoms. The molecule has 0 rings (SSSR count). The van der Waals surface area contributed by atoms with Crippen molar-refractivity contribution < 1.29 is 37.6 Å². The Morgan fingerprint density at radius 1 is 0.564 bits per heavy atom. The molecule has 0 bridgehead atoms. The zero-order valence-electron chi connectivity index (χ0n) is 34.4. The summed E-state index contributed by atoms with van der Waals surface area (Å²) in [6.45, 7) is 3.50. The SMILES string of the molecule is CC/C=C\C/C=C\C/C=C\C/C=C\CCCCCCC(=O)OC[C@H](COP(=O)(O)OCCN)OC(=O)CCC/C=C\C/C=C\C/C=C\CCCCCCCC. The van der Waals surface area contributed by atoms with E-state index in [9.17, 15) is 19.0 Å². The lowest BCUT2D eigenvalue weighted by Gasteiger charge is -2.19. The Balaban J connectivity index is 4.32. The Labute approximate surface area is 334 Å². The molecule has 0 saturated heterocycles. The number of hydrogen-bond acceptors (Lipinski definition) is 8. The zero-order chi connectivity index (χ0) is 40.3. The number of rotatable bonds is 38. The van der Waals surface area contributed by atoms with Crippen molar-refractivity contribution >= 4 is 19.8 Å². The van der Waals surface area contributed by atoms with Gasteiger partial charge >= 0.3 is 19.8 Å². The number of ether oxygens (including phenoxy) is 2. The summed E-state index contributed by atoms with van der Waals surface area (Å²) in [5.41, 5.74) is 5.34. The van der Waals surface area contributed by atoms with Crippen molar-refractivity contribution in [1.29, 1.82) is 0 Å². The van der Waals surface area contributed by atoms with Gasteiger partial charge in [0.1, 0.15) is 6.61 Å². The molecular weight excluding hydrogens is 713 g/mol. The van der Waals surface area contributed by atoms with Gasteiger partial charge in [-0.15, -0.1) is 0 Å². The molecule has 9 nitrogen and oxygen atoms in total. The predicted octanol–water partition coefficient (Wildman–Crippen LogP) is 12.0. The number of unbranched alkanes of at least 4 members (excludes halogenated alkanes) is 11. The highest BCUT2D eigenvalue weighted by Gasteiger charge is 2.25. The Morgan fingerprint density at radius 2 is 1.02 bits per heavy atom. The van der Waals surface area contributed by atoms with Crippen LogP contribution in [-0.4, -0.2) is 49.3 Å². The van der Waals surface area contributed by atoms with Gasteiger partial charge in [-0.2, -0.15) is 0 Å². The molecule has 10 heteroatoms. The Kier molecular flexibility index (Phi) is 38.8. The van der Waals surface area contributed by atoms with Crippen LogP contribution in [0.5, 0.6) is 0 Å². The van der Waals surface area contributed by atoms with E-state index in [4.69, 9.17) is 24.3 Å². The number of carbonyl (C=O) groups is 2. The number of allylic oxidation sites excluding steroid dienone is 14. The summed E-state index contributed by atoms with van der Waals surface area (Å²) in [5.74, 6) is -0.926. The number of hydrogen-bond donors (Lipinski definition) is 2. The van der Waals surface area contributed by atoms with Crippen LogP contribution in [0.15, 0.2) is 85.1 Å². The van der Waals surface area contributed by atoms with Gasteiger partial charge in [0.15, 0.2) is 6.10 Å². The molecule has 1 unspecified atom stereocenters. The van der Waals surface area contributed by atoms with Crippen molar-refractivity contribution in [3.8, 4) is 0 Å². The lowest BCUT2D eigenvalue weighted by atomic mass is 10.1. The Bertz CT molecular complexity index is 1170. The van der Waals surface area contributed by atoms with Gasteiger partial charge in [-0.1, -0.05) is 144 Å². The molecule has 0 aromatic rings. The van der Waals surface area contributed by atoms with E-state index in [1.165, 1.54) is 38.5 Å².